The van der Waals surface area contributed by atoms with E-state index in [4.69, 9.17) is 20.3 Å². The number of nitrogens with two attached hydrogens (primary N) is 1. The molecule has 88 valence electrons. The highest BCUT2D eigenvalue weighted by molar-refractivity contribution is 5.42. The highest BCUT2D eigenvalue weighted by Crippen LogP contribution is 2.28. The zero-order valence-corrected chi connectivity index (χ0v) is 9.40. The highest BCUT2D eigenvalue weighted by atomic mass is 16.5. The molecule has 0 atom stereocenters. The van der Waals surface area contributed by atoms with E-state index in [9.17, 15) is 0 Å². The van der Waals surface area contributed by atoms with Gasteiger partial charge in [-0.2, -0.15) is 0 Å². The molecule has 0 unspecified atom stereocenters. The Morgan fingerprint density at radius 1 is 1.44 bits per heavy atom. The molecular formula is C12H17NO3. The van der Waals surface area contributed by atoms with Crippen LogP contribution in [0.3, 0.4) is 0 Å². The summed E-state index contributed by atoms with van der Waals surface area (Å²) < 4.78 is 10.7. The van der Waals surface area contributed by atoms with Crippen molar-refractivity contribution in [3.8, 4) is 11.5 Å². The van der Waals surface area contributed by atoms with Gasteiger partial charge in [0.05, 0.1) is 13.7 Å². The summed E-state index contributed by atoms with van der Waals surface area (Å²) in [6.45, 7) is 4.49. The van der Waals surface area contributed by atoms with Gasteiger partial charge in [-0.25, -0.2) is 0 Å². The summed E-state index contributed by atoms with van der Waals surface area (Å²) in [6, 6.07) is 5.28. The van der Waals surface area contributed by atoms with Crippen LogP contribution in [0.4, 0.5) is 0 Å². The predicted molar refractivity (Wildman–Crippen MR) is 62.6 cm³/mol. The number of aliphatic hydroxyl groups is 1. The minimum Gasteiger partial charge on any atom is -0.493 e. The predicted octanol–water partition coefficient (Wildman–Crippen LogP) is 1.08. The van der Waals surface area contributed by atoms with E-state index in [2.05, 4.69) is 6.58 Å². The van der Waals surface area contributed by atoms with Gasteiger partial charge in [0.2, 0.25) is 0 Å². The van der Waals surface area contributed by atoms with E-state index in [1.165, 1.54) is 0 Å². The molecular weight excluding hydrogens is 206 g/mol. The number of ether oxygens (including phenoxy) is 2. The molecule has 4 heteroatoms. The van der Waals surface area contributed by atoms with Crippen LogP contribution in [0, 0.1) is 0 Å². The maximum absolute atomic E-state index is 8.98. The summed E-state index contributed by atoms with van der Waals surface area (Å²) in [5, 5.41) is 8.98. The number of rotatable bonds is 6. The number of benzene rings is 1. The van der Waals surface area contributed by atoms with E-state index < -0.39 is 0 Å². The molecule has 16 heavy (non-hydrogen) atoms. The van der Waals surface area contributed by atoms with E-state index in [0.29, 0.717) is 24.7 Å². The molecule has 0 heterocycles. The van der Waals surface area contributed by atoms with Gasteiger partial charge in [-0.1, -0.05) is 12.6 Å². The third-order valence-corrected chi connectivity index (χ3v) is 2.13. The molecule has 0 spiro atoms. The zero-order chi connectivity index (χ0) is 12.0. The van der Waals surface area contributed by atoms with Crippen molar-refractivity contribution in [3.63, 3.8) is 0 Å². The fraction of sp³-hybridized carbons (Fsp3) is 0.333. The van der Waals surface area contributed by atoms with Gasteiger partial charge >= 0.3 is 0 Å². The standard InChI is InChI=1S/C12H17NO3/c1-9(6-13)8-16-11-4-3-10(7-14)5-12(11)15-2/h3-5,14H,1,6-8,13H2,2H3. The first-order valence-electron chi connectivity index (χ1n) is 4.98. The Kier molecular flexibility index (Phi) is 4.82. The average molecular weight is 223 g/mol. The van der Waals surface area contributed by atoms with Crippen LogP contribution in [0.15, 0.2) is 30.4 Å². The van der Waals surface area contributed by atoms with Gasteiger partial charge < -0.3 is 20.3 Å². The summed E-state index contributed by atoms with van der Waals surface area (Å²) in [7, 11) is 1.56. The molecule has 3 N–H and O–H groups in total. The smallest absolute Gasteiger partial charge is 0.161 e. The van der Waals surface area contributed by atoms with E-state index in [-0.39, 0.29) is 6.61 Å². The lowest BCUT2D eigenvalue weighted by Gasteiger charge is -2.12. The Balaban J connectivity index is 2.75. The van der Waals surface area contributed by atoms with Crippen LogP contribution < -0.4 is 15.2 Å². The maximum atomic E-state index is 8.98. The second kappa shape index (κ2) is 6.15. The van der Waals surface area contributed by atoms with Gasteiger partial charge in [-0.15, -0.1) is 0 Å². The molecule has 0 aliphatic carbocycles. The van der Waals surface area contributed by atoms with Gasteiger partial charge in [0.1, 0.15) is 6.61 Å². The third-order valence-electron chi connectivity index (χ3n) is 2.13. The second-order valence-electron chi connectivity index (χ2n) is 3.39. The highest BCUT2D eigenvalue weighted by Gasteiger charge is 2.05. The van der Waals surface area contributed by atoms with E-state index in [1.54, 1.807) is 25.3 Å². The van der Waals surface area contributed by atoms with E-state index in [0.717, 1.165) is 11.1 Å². The van der Waals surface area contributed by atoms with Crippen molar-refractivity contribution in [1.82, 2.24) is 0 Å². The van der Waals surface area contributed by atoms with Crippen molar-refractivity contribution < 1.29 is 14.6 Å². The van der Waals surface area contributed by atoms with Crippen LogP contribution in [0.25, 0.3) is 0 Å². The molecule has 0 saturated carbocycles. The first-order chi connectivity index (χ1) is 7.71. The van der Waals surface area contributed by atoms with Gasteiger partial charge in [-0.3, -0.25) is 0 Å². The van der Waals surface area contributed by atoms with E-state index >= 15 is 0 Å². The molecule has 0 aliphatic rings. The molecule has 1 rings (SSSR count). The van der Waals surface area contributed by atoms with Crippen molar-refractivity contribution in [1.29, 1.82) is 0 Å². The van der Waals surface area contributed by atoms with Crippen molar-refractivity contribution in [2.75, 3.05) is 20.3 Å². The Hall–Kier alpha value is -1.52. The van der Waals surface area contributed by atoms with Gasteiger partial charge in [-0.05, 0) is 23.3 Å². The molecule has 0 amide bonds. The van der Waals surface area contributed by atoms with Crippen molar-refractivity contribution in [2.45, 2.75) is 6.61 Å². The number of aliphatic hydroxyl groups excluding tert-OH is 1. The van der Waals surface area contributed by atoms with Crippen LogP contribution in [-0.4, -0.2) is 25.4 Å². The Morgan fingerprint density at radius 2 is 2.19 bits per heavy atom. The van der Waals surface area contributed by atoms with Crippen molar-refractivity contribution in [2.24, 2.45) is 5.73 Å². The quantitative estimate of drug-likeness (QED) is 0.708. The Bertz CT molecular complexity index is 363. The van der Waals surface area contributed by atoms with Crippen molar-refractivity contribution >= 4 is 0 Å². The Labute approximate surface area is 95.3 Å². The molecule has 0 bridgehead atoms. The number of hydrogen-bond donors (Lipinski definition) is 2. The van der Waals surface area contributed by atoms with Gasteiger partial charge in [0.25, 0.3) is 0 Å². The minimum absolute atomic E-state index is 0.0217. The minimum atomic E-state index is -0.0217. The van der Waals surface area contributed by atoms with Crippen LogP contribution in [0.1, 0.15) is 5.56 Å². The SMILES string of the molecule is C=C(CN)COc1ccc(CO)cc1OC. The largest absolute Gasteiger partial charge is 0.493 e. The number of methoxy groups -OCH3 is 1. The van der Waals surface area contributed by atoms with Crippen LogP contribution in [0.2, 0.25) is 0 Å². The molecule has 4 nitrogen and oxygen atoms in total. The first-order valence-corrected chi connectivity index (χ1v) is 4.98. The number of hydrogen-bond acceptors (Lipinski definition) is 4. The van der Waals surface area contributed by atoms with Gasteiger partial charge in [0.15, 0.2) is 11.5 Å². The normalized spacial score (nSPS) is 9.94. The van der Waals surface area contributed by atoms with Crippen LogP contribution >= 0.6 is 0 Å². The molecule has 1 aromatic rings. The summed E-state index contributed by atoms with van der Waals surface area (Å²) in [4.78, 5) is 0. The van der Waals surface area contributed by atoms with Crippen molar-refractivity contribution in [3.05, 3.63) is 35.9 Å². The molecule has 0 saturated heterocycles. The lowest BCUT2D eigenvalue weighted by Crippen LogP contribution is -2.10. The monoisotopic (exact) mass is 223 g/mol. The fourth-order valence-electron chi connectivity index (χ4n) is 1.17. The van der Waals surface area contributed by atoms with E-state index in [1.807, 2.05) is 0 Å². The Morgan fingerprint density at radius 3 is 2.75 bits per heavy atom. The molecule has 0 radical (unpaired) electrons. The average Bonchev–Trinajstić information content (AvgIpc) is 2.35. The third kappa shape index (κ3) is 3.25. The topological polar surface area (TPSA) is 64.7 Å². The second-order valence-corrected chi connectivity index (χ2v) is 3.39. The summed E-state index contributed by atoms with van der Waals surface area (Å²) in [6.07, 6.45) is 0. The fourth-order valence-corrected chi connectivity index (χ4v) is 1.17. The van der Waals surface area contributed by atoms with Crippen LogP contribution in [-0.2, 0) is 6.61 Å². The zero-order valence-electron chi connectivity index (χ0n) is 9.40. The maximum Gasteiger partial charge on any atom is 0.161 e. The first kappa shape index (κ1) is 12.5. The molecule has 0 aliphatic heterocycles. The summed E-state index contributed by atoms with van der Waals surface area (Å²) in [5.74, 6) is 1.21. The molecule has 1 aromatic carbocycles. The van der Waals surface area contributed by atoms with Crippen LogP contribution in [0.5, 0.6) is 11.5 Å². The summed E-state index contributed by atoms with van der Waals surface area (Å²) >= 11 is 0. The van der Waals surface area contributed by atoms with Gasteiger partial charge in [0, 0.05) is 6.54 Å². The lowest BCUT2D eigenvalue weighted by atomic mass is 10.2. The molecule has 0 aromatic heterocycles. The summed E-state index contributed by atoms with van der Waals surface area (Å²) in [5.41, 5.74) is 7.00. The molecule has 0 fully saturated rings. The lowest BCUT2D eigenvalue weighted by molar-refractivity contribution is 0.279.